The molecule has 4 rings (SSSR count). The number of hydrogen-bond acceptors (Lipinski definition) is 4. The van der Waals surface area contributed by atoms with Crippen molar-refractivity contribution in [3.05, 3.63) is 60.2 Å². The topological polar surface area (TPSA) is 52.7 Å². The zero-order valence-corrected chi connectivity index (χ0v) is 18.6. The van der Waals surface area contributed by atoms with Crippen molar-refractivity contribution in [1.29, 1.82) is 0 Å². The maximum atomic E-state index is 13.1. The van der Waals surface area contributed by atoms with Crippen LogP contribution in [-0.4, -0.2) is 41.1 Å². The fraction of sp³-hybridized carbons (Fsp3) is 0.417. The zero-order chi connectivity index (χ0) is 21.3. The normalized spacial score (nSPS) is 23.0. The van der Waals surface area contributed by atoms with Crippen LogP contribution in [0.25, 0.3) is 0 Å². The molecule has 2 atom stereocenters. The summed E-state index contributed by atoms with van der Waals surface area (Å²) in [6.07, 6.45) is 1.24. The lowest BCUT2D eigenvalue weighted by atomic mass is 10.0. The highest BCUT2D eigenvalue weighted by atomic mass is 32.2. The molecule has 158 valence electrons. The van der Waals surface area contributed by atoms with Gasteiger partial charge in [-0.3, -0.25) is 9.59 Å². The average molecular weight is 424 g/mol. The summed E-state index contributed by atoms with van der Waals surface area (Å²) in [5, 5.41) is 3.03. The Labute approximate surface area is 182 Å². The summed E-state index contributed by atoms with van der Waals surface area (Å²) in [6, 6.07) is 18.0. The van der Waals surface area contributed by atoms with Crippen molar-refractivity contribution in [1.82, 2.24) is 4.90 Å². The van der Waals surface area contributed by atoms with Gasteiger partial charge in [-0.2, -0.15) is 0 Å². The van der Waals surface area contributed by atoms with Crippen LogP contribution < -0.4 is 10.2 Å². The second-order valence-electron chi connectivity index (χ2n) is 8.16. The Kier molecular flexibility index (Phi) is 5.78. The molecule has 0 saturated carbocycles. The molecule has 0 unspecified atom stereocenters. The van der Waals surface area contributed by atoms with Gasteiger partial charge in [0, 0.05) is 36.1 Å². The first-order valence-electron chi connectivity index (χ1n) is 10.7. The van der Waals surface area contributed by atoms with Gasteiger partial charge in [-0.25, -0.2) is 0 Å². The molecule has 2 aliphatic heterocycles. The quantitative estimate of drug-likeness (QED) is 0.746. The Bertz CT molecular complexity index is 916. The van der Waals surface area contributed by atoms with Crippen LogP contribution in [-0.2, 0) is 14.5 Å². The number of nitrogens with zero attached hydrogens (tertiary/aromatic N) is 2. The molecule has 2 fully saturated rings. The number of rotatable bonds is 6. The Hall–Kier alpha value is -2.47. The van der Waals surface area contributed by atoms with Gasteiger partial charge in [0.05, 0.1) is 0 Å². The predicted octanol–water partition coefficient (Wildman–Crippen LogP) is 4.45. The van der Waals surface area contributed by atoms with Gasteiger partial charge in [0.25, 0.3) is 0 Å². The molecule has 2 amide bonds. The largest absolute Gasteiger partial charge is 0.369 e. The van der Waals surface area contributed by atoms with Crippen LogP contribution in [0.15, 0.2) is 54.6 Å². The Morgan fingerprint density at radius 1 is 1.20 bits per heavy atom. The zero-order valence-electron chi connectivity index (χ0n) is 17.8. The van der Waals surface area contributed by atoms with Crippen molar-refractivity contribution in [2.24, 2.45) is 0 Å². The molecule has 5 nitrogen and oxygen atoms in total. The van der Waals surface area contributed by atoms with Crippen molar-refractivity contribution in [3.8, 4) is 0 Å². The van der Waals surface area contributed by atoms with Crippen LogP contribution in [0.1, 0.15) is 39.2 Å². The molecule has 30 heavy (non-hydrogen) atoms. The molecular weight excluding hydrogens is 394 g/mol. The van der Waals surface area contributed by atoms with E-state index in [0.29, 0.717) is 18.2 Å². The van der Waals surface area contributed by atoms with Crippen molar-refractivity contribution in [2.45, 2.75) is 50.6 Å². The van der Waals surface area contributed by atoms with Crippen LogP contribution in [0.5, 0.6) is 0 Å². The number of anilines is 2. The highest BCUT2D eigenvalue weighted by molar-refractivity contribution is 8.00. The SMILES string of the molecule is CCN(c1ccc(NC(=O)[C@@H]2CS[C@@]3(c4ccccc4)CCC(=O)N23)cc1)C(C)C. The van der Waals surface area contributed by atoms with Crippen LogP contribution in [0.4, 0.5) is 11.4 Å². The maximum Gasteiger partial charge on any atom is 0.248 e. The van der Waals surface area contributed by atoms with E-state index in [1.54, 1.807) is 11.8 Å². The first-order chi connectivity index (χ1) is 14.5. The van der Waals surface area contributed by atoms with Gasteiger partial charge < -0.3 is 15.1 Å². The van der Waals surface area contributed by atoms with Crippen LogP contribution in [0.2, 0.25) is 0 Å². The van der Waals surface area contributed by atoms with Gasteiger partial charge in [-0.05, 0) is 57.0 Å². The van der Waals surface area contributed by atoms with Crippen molar-refractivity contribution in [3.63, 3.8) is 0 Å². The summed E-state index contributed by atoms with van der Waals surface area (Å²) in [7, 11) is 0. The van der Waals surface area contributed by atoms with E-state index in [-0.39, 0.29) is 11.8 Å². The number of hydrogen-bond donors (Lipinski definition) is 1. The van der Waals surface area contributed by atoms with Gasteiger partial charge >= 0.3 is 0 Å². The smallest absolute Gasteiger partial charge is 0.248 e. The lowest BCUT2D eigenvalue weighted by Crippen LogP contribution is -2.48. The van der Waals surface area contributed by atoms with Gasteiger partial charge in [0.15, 0.2) is 0 Å². The van der Waals surface area contributed by atoms with E-state index in [2.05, 4.69) is 43.1 Å². The van der Waals surface area contributed by atoms with Crippen molar-refractivity contribution >= 4 is 35.0 Å². The molecular formula is C24H29N3O2S. The number of nitrogens with one attached hydrogen (secondary N) is 1. The summed E-state index contributed by atoms with van der Waals surface area (Å²) in [5.74, 6) is 0.566. The summed E-state index contributed by atoms with van der Waals surface area (Å²) in [6.45, 7) is 7.41. The molecule has 6 heteroatoms. The van der Waals surface area contributed by atoms with Gasteiger partial charge in [0.1, 0.15) is 10.9 Å². The van der Waals surface area contributed by atoms with Crippen molar-refractivity contribution < 1.29 is 9.59 Å². The lowest BCUT2D eigenvalue weighted by molar-refractivity contribution is -0.136. The predicted molar refractivity (Wildman–Crippen MR) is 124 cm³/mol. The minimum absolute atomic E-state index is 0.0647. The molecule has 0 bridgehead atoms. The van der Waals surface area contributed by atoms with E-state index in [4.69, 9.17) is 0 Å². The third-order valence-corrected chi connectivity index (χ3v) is 7.68. The molecule has 0 spiro atoms. The molecule has 0 aliphatic carbocycles. The monoisotopic (exact) mass is 423 g/mol. The fourth-order valence-electron chi connectivity index (χ4n) is 4.64. The summed E-state index contributed by atoms with van der Waals surface area (Å²) in [5.41, 5.74) is 3.01. The van der Waals surface area contributed by atoms with Crippen LogP contribution in [0, 0.1) is 0 Å². The van der Waals surface area contributed by atoms with E-state index in [1.807, 2.05) is 47.4 Å². The summed E-state index contributed by atoms with van der Waals surface area (Å²) >= 11 is 1.71. The third-order valence-electron chi connectivity index (χ3n) is 6.09. The van der Waals surface area contributed by atoms with Crippen LogP contribution in [0.3, 0.4) is 0 Å². The van der Waals surface area contributed by atoms with E-state index in [1.165, 1.54) is 0 Å². The number of carbonyl (C=O) groups is 2. The molecule has 0 aromatic heterocycles. The summed E-state index contributed by atoms with van der Waals surface area (Å²) in [4.78, 5) is 29.6. The first kappa shape index (κ1) is 20.8. The minimum atomic E-state index is -0.451. The molecule has 2 aromatic carbocycles. The number of fused-ring (bicyclic) bond motifs is 1. The lowest BCUT2D eigenvalue weighted by Gasteiger charge is -2.34. The Morgan fingerprint density at radius 2 is 1.90 bits per heavy atom. The Balaban J connectivity index is 1.51. The van der Waals surface area contributed by atoms with Crippen LogP contribution >= 0.6 is 11.8 Å². The molecule has 2 heterocycles. The second kappa shape index (κ2) is 8.34. The minimum Gasteiger partial charge on any atom is -0.369 e. The van der Waals surface area contributed by atoms with Gasteiger partial charge in [0.2, 0.25) is 11.8 Å². The highest BCUT2D eigenvalue weighted by Gasteiger charge is 2.56. The van der Waals surface area contributed by atoms with Gasteiger partial charge in [-0.15, -0.1) is 11.8 Å². The molecule has 1 N–H and O–H groups in total. The maximum absolute atomic E-state index is 13.1. The molecule has 2 saturated heterocycles. The molecule has 0 radical (unpaired) electrons. The number of carbonyl (C=O) groups excluding carboxylic acids is 2. The van der Waals surface area contributed by atoms with Crippen molar-refractivity contribution in [2.75, 3.05) is 22.5 Å². The fourth-order valence-corrected chi connectivity index (χ4v) is 6.29. The van der Waals surface area contributed by atoms with E-state index >= 15 is 0 Å². The first-order valence-corrected chi connectivity index (χ1v) is 11.6. The standard InChI is InChI=1S/C24H29N3O2S/c1-4-26(17(2)3)20-12-10-19(11-13-20)25-23(29)21-16-30-24(15-14-22(28)27(21)24)18-8-6-5-7-9-18/h5-13,17,21H,4,14-16H2,1-3H3,(H,25,29)/t21-,24+/m0/s1. The highest BCUT2D eigenvalue weighted by Crippen LogP contribution is 2.54. The van der Waals surface area contributed by atoms with E-state index in [9.17, 15) is 9.59 Å². The average Bonchev–Trinajstić information content (AvgIpc) is 3.29. The summed E-state index contributed by atoms with van der Waals surface area (Å²) < 4.78 is 0. The third kappa shape index (κ3) is 3.58. The second-order valence-corrected chi connectivity index (χ2v) is 9.45. The number of amides is 2. The number of thioether (sulfide) groups is 1. The van der Waals surface area contributed by atoms with Gasteiger partial charge in [-0.1, -0.05) is 30.3 Å². The van der Waals surface area contributed by atoms with E-state index in [0.717, 1.165) is 29.9 Å². The number of benzene rings is 2. The Morgan fingerprint density at radius 3 is 2.53 bits per heavy atom. The molecule has 2 aliphatic rings. The van der Waals surface area contributed by atoms with E-state index < -0.39 is 10.9 Å². The molecule has 2 aromatic rings.